The predicted molar refractivity (Wildman–Crippen MR) is 78.3 cm³/mol. The van der Waals surface area contributed by atoms with E-state index in [-0.39, 0.29) is 5.56 Å². The van der Waals surface area contributed by atoms with Crippen LogP contribution in [0.2, 0.25) is 0 Å². The molecule has 1 rings (SSSR count). The number of alkyl carbamates (subject to hydrolysis) is 1. The molecule has 0 aliphatic rings. The SMILES string of the molecule is CC(C)(C)OC(=O)NCC(O)C(O)c1ccc(OC(F)(F)F)c(F)c1. The molecule has 0 heterocycles. The van der Waals surface area contributed by atoms with E-state index in [4.69, 9.17) is 4.74 Å². The topological polar surface area (TPSA) is 88.0 Å². The third-order valence-corrected chi connectivity index (χ3v) is 2.74. The summed E-state index contributed by atoms with van der Waals surface area (Å²) < 4.78 is 58.2. The molecule has 0 saturated carbocycles. The van der Waals surface area contributed by atoms with Crippen LogP contribution in [0.25, 0.3) is 0 Å². The Kier molecular flexibility index (Phi) is 6.61. The van der Waals surface area contributed by atoms with Crippen molar-refractivity contribution in [1.29, 1.82) is 0 Å². The molecule has 0 radical (unpaired) electrons. The standard InChI is InChI=1S/C15H19F4NO5/c1-14(2,3)25-13(23)20-7-10(21)12(22)8-4-5-11(9(16)6-8)24-15(17,18)19/h4-6,10,12,21-22H,7H2,1-3H3,(H,20,23). The van der Waals surface area contributed by atoms with Crippen LogP contribution in [0.4, 0.5) is 22.4 Å². The number of nitrogens with one attached hydrogen (secondary N) is 1. The molecule has 0 aliphatic heterocycles. The summed E-state index contributed by atoms with van der Waals surface area (Å²) in [6.07, 6.45) is -9.08. The Morgan fingerprint density at radius 3 is 2.32 bits per heavy atom. The van der Waals surface area contributed by atoms with Gasteiger partial charge in [0.1, 0.15) is 17.8 Å². The molecule has 0 aliphatic carbocycles. The fourth-order valence-corrected chi connectivity index (χ4v) is 1.74. The lowest BCUT2D eigenvalue weighted by Crippen LogP contribution is -2.38. The number of aliphatic hydroxyl groups is 2. The Balaban J connectivity index is 2.68. The lowest BCUT2D eigenvalue weighted by Gasteiger charge is -2.22. The number of hydrogen-bond donors (Lipinski definition) is 3. The Hall–Kier alpha value is -2.07. The first-order valence-corrected chi connectivity index (χ1v) is 7.16. The third-order valence-electron chi connectivity index (χ3n) is 2.74. The average molecular weight is 369 g/mol. The zero-order valence-electron chi connectivity index (χ0n) is 13.7. The van der Waals surface area contributed by atoms with Crippen molar-refractivity contribution in [2.75, 3.05) is 6.54 Å². The third kappa shape index (κ3) is 7.57. The summed E-state index contributed by atoms with van der Waals surface area (Å²) >= 11 is 0. The van der Waals surface area contributed by atoms with E-state index in [1.165, 1.54) is 0 Å². The predicted octanol–water partition coefficient (Wildman–Crippen LogP) is 2.64. The molecule has 10 heteroatoms. The molecule has 0 aromatic heterocycles. The van der Waals surface area contributed by atoms with Crippen molar-refractivity contribution in [2.45, 2.75) is 44.9 Å². The van der Waals surface area contributed by atoms with Gasteiger partial charge in [0.15, 0.2) is 11.6 Å². The van der Waals surface area contributed by atoms with Crippen LogP contribution in [-0.4, -0.2) is 40.9 Å². The van der Waals surface area contributed by atoms with Gasteiger partial charge in [-0.05, 0) is 38.5 Å². The molecule has 1 amide bonds. The molecular formula is C15H19F4NO5. The van der Waals surface area contributed by atoms with Crippen LogP contribution >= 0.6 is 0 Å². The zero-order valence-corrected chi connectivity index (χ0v) is 13.7. The molecule has 0 spiro atoms. The first-order chi connectivity index (χ1) is 11.3. The van der Waals surface area contributed by atoms with Crippen LogP contribution in [0.1, 0.15) is 32.4 Å². The second kappa shape index (κ2) is 7.87. The summed E-state index contributed by atoms with van der Waals surface area (Å²) in [6, 6.07) is 2.24. The normalized spacial score (nSPS) is 14.6. The lowest BCUT2D eigenvalue weighted by molar-refractivity contribution is -0.275. The minimum atomic E-state index is -5.06. The maximum atomic E-state index is 13.6. The number of carbonyl (C=O) groups is 1. The van der Waals surface area contributed by atoms with E-state index in [2.05, 4.69) is 10.1 Å². The smallest absolute Gasteiger partial charge is 0.444 e. The Labute approximate surface area is 141 Å². The maximum Gasteiger partial charge on any atom is 0.573 e. The van der Waals surface area contributed by atoms with Gasteiger partial charge in [0.25, 0.3) is 0 Å². The largest absolute Gasteiger partial charge is 0.573 e. The number of halogens is 4. The number of ether oxygens (including phenoxy) is 2. The minimum Gasteiger partial charge on any atom is -0.444 e. The second-order valence-electron chi connectivity index (χ2n) is 6.13. The summed E-state index contributed by atoms with van der Waals surface area (Å²) in [4.78, 5) is 11.4. The summed E-state index contributed by atoms with van der Waals surface area (Å²) in [7, 11) is 0. The van der Waals surface area contributed by atoms with Crippen molar-refractivity contribution in [3.05, 3.63) is 29.6 Å². The van der Waals surface area contributed by atoms with Gasteiger partial charge < -0.3 is 25.0 Å². The summed E-state index contributed by atoms with van der Waals surface area (Å²) in [5, 5.41) is 21.9. The molecule has 3 N–H and O–H groups in total. The van der Waals surface area contributed by atoms with Gasteiger partial charge in [0.05, 0.1) is 0 Å². The van der Waals surface area contributed by atoms with Crippen LogP contribution in [0.3, 0.4) is 0 Å². The molecule has 142 valence electrons. The van der Waals surface area contributed by atoms with E-state index in [1.54, 1.807) is 20.8 Å². The van der Waals surface area contributed by atoms with Gasteiger partial charge in [-0.3, -0.25) is 0 Å². The Morgan fingerprint density at radius 1 is 1.24 bits per heavy atom. The Bertz CT molecular complexity index is 601. The van der Waals surface area contributed by atoms with E-state index < -0.39 is 48.4 Å². The second-order valence-corrected chi connectivity index (χ2v) is 6.13. The highest BCUT2D eigenvalue weighted by atomic mass is 19.4. The molecule has 2 unspecified atom stereocenters. The fraction of sp³-hybridized carbons (Fsp3) is 0.533. The number of rotatable bonds is 5. The van der Waals surface area contributed by atoms with Gasteiger partial charge in [-0.1, -0.05) is 6.07 Å². The molecule has 1 aromatic rings. The molecule has 1 aromatic carbocycles. The maximum absolute atomic E-state index is 13.6. The fourth-order valence-electron chi connectivity index (χ4n) is 1.74. The van der Waals surface area contributed by atoms with E-state index >= 15 is 0 Å². The molecule has 2 atom stereocenters. The van der Waals surface area contributed by atoms with Gasteiger partial charge in [0.2, 0.25) is 0 Å². The summed E-state index contributed by atoms with van der Waals surface area (Å²) in [6.45, 7) is 4.47. The van der Waals surface area contributed by atoms with Gasteiger partial charge in [0, 0.05) is 6.54 Å². The van der Waals surface area contributed by atoms with Gasteiger partial charge in [-0.25, -0.2) is 9.18 Å². The van der Waals surface area contributed by atoms with E-state index in [0.717, 1.165) is 6.07 Å². The first kappa shape index (κ1) is 21.0. The minimum absolute atomic E-state index is 0.189. The molecular weight excluding hydrogens is 350 g/mol. The monoisotopic (exact) mass is 369 g/mol. The van der Waals surface area contributed by atoms with Crippen molar-refractivity contribution < 1.29 is 42.0 Å². The van der Waals surface area contributed by atoms with E-state index in [9.17, 15) is 32.6 Å². The van der Waals surface area contributed by atoms with Gasteiger partial charge in [-0.15, -0.1) is 13.2 Å². The zero-order chi connectivity index (χ0) is 19.4. The van der Waals surface area contributed by atoms with Crippen molar-refractivity contribution in [1.82, 2.24) is 5.32 Å². The quantitative estimate of drug-likeness (QED) is 0.695. The molecule has 0 fully saturated rings. The number of amides is 1. The van der Waals surface area contributed by atoms with Crippen LogP contribution in [0.15, 0.2) is 18.2 Å². The van der Waals surface area contributed by atoms with Crippen LogP contribution in [-0.2, 0) is 4.74 Å². The van der Waals surface area contributed by atoms with Crippen molar-refractivity contribution >= 4 is 6.09 Å². The molecule has 6 nitrogen and oxygen atoms in total. The number of hydrogen-bond acceptors (Lipinski definition) is 5. The van der Waals surface area contributed by atoms with Crippen molar-refractivity contribution in [2.24, 2.45) is 0 Å². The number of carbonyl (C=O) groups excluding carboxylic acids is 1. The van der Waals surface area contributed by atoms with Gasteiger partial charge >= 0.3 is 12.5 Å². The van der Waals surface area contributed by atoms with Crippen molar-refractivity contribution in [3.63, 3.8) is 0 Å². The summed E-state index contributed by atoms with van der Waals surface area (Å²) in [5.74, 6) is -2.43. The molecule has 0 bridgehead atoms. The highest BCUT2D eigenvalue weighted by Gasteiger charge is 2.32. The van der Waals surface area contributed by atoms with Gasteiger partial charge in [-0.2, -0.15) is 0 Å². The summed E-state index contributed by atoms with van der Waals surface area (Å²) in [5.41, 5.74) is -0.948. The molecule has 25 heavy (non-hydrogen) atoms. The van der Waals surface area contributed by atoms with Crippen LogP contribution < -0.4 is 10.1 Å². The first-order valence-electron chi connectivity index (χ1n) is 7.16. The lowest BCUT2D eigenvalue weighted by atomic mass is 10.0. The van der Waals surface area contributed by atoms with E-state index in [0.29, 0.717) is 12.1 Å². The highest BCUT2D eigenvalue weighted by molar-refractivity contribution is 5.67. The Morgan fingerprint density at radius 2 is 1.84 bits per heavy atom. The van der Waals surface area contributed by atoms with E-state index in [1.807, 2.05) is 0 Å². The molecule has 0 saturated heterocycles. The van der Waals surface area contributed by atoms with Crippen LogP contribution in [0, 0.1) is 5.82 Å². The average Bonchev–Trinajstić information content (AvgIpc) is 2.43. The number of aliphatic hydroxyl groups excluding tert-OH is 2. The van der Waals surface area contributed by atoms with Crippen LogP contribution in [0.5, 0.6) is 5.75 Å². The highest BCUT2D eigenvalue weighted by Crippen LogP contribution is 2.28. The number of benzene rings is 1. The van der Waals surface area contributed by atoms with Crippen molar-refractivity contribution in [3.8, 4) is 5.75 Å². The number of alkyl halides is 3.